The monoisotopic (exact) mass is 512 g/mol. The summed E-state index contributed by atoms with van der Waals surface area (Å²) in [5.74, 6) is -0.100. The molecule has 0 bridgehead atoms. The molecule has 1 heterocycles. The van der Waals surface area contributed by atoms with Crippen LogP contribution < -0.4 is 10.6 Å². The highest BCUT2D eigenvalue weighted by molar-refractivity contribution is 6.36. The molecule has 2 unspecified atom stereocenters. The number of carbonyl (C=O) groups is 3. The van der Waals surface area contributed by atoms with E-state index in [0.29, 0.717) is 41.8 Å². The molecule has 1 aromatic rings. The number of rotatable bonds is 10. The molecule has 1 aromatic carbocycles. The number of hydrogen-bond acceptors (Lipinski definition) is 3. The van der Waals surface area contributed by atoms with Crippen molar-refractivity contribution in [2.75, 3.05) is 25.0 Å². The number of amides is 4. The van der Waals surface area contributed by atoms with Gasteiger partial charge in [-0.3, -0.25) is 9.59 Å². The molecule has 190 valence electrons. The standard InChI is InChI=1S/C25H38Cl2N4O3/c1-5-6-7-8-9-10-22(32)31-14-13-30(16-18(31)4)24(33)23(17(2)3)29-25(34)28-21-12-11-19(26)15-20(21)27/h11-12,15,17-18,23H,5-10,13-14,16H2,1-4H3,(H2,28,29,34). The molecule has 7 nitrogen and oxygen atoms in total. The molecule has 2 rings (SSSR count). The Hall–Kier alpha value is -1.99. The number of urea groups is 1. The number of hydrogen-bond donors (Lipinski definition) is 2. The van der Waals surface area contributed by atoms with Gasteiger partial charge in [-0.15, -0.1) is 0 Å². The Morgan fingerprint density at radius 2 is 1.79 bits per heavy atom. The first-order valence-electron chi connectivity index (χ1n) is 12.2. The summed E-state index contributed by atoms with van der Waals surface area (Å²) in [5.41, 5.74) is 0.411. The predicted molar refractivity (Wildman–Crippen MR) is 138 cm³/mol. The lowest BCUT2D eigenvalue weighted by atomic mass is 10.0. The van der Waals surface area contributed by atoms with Gasteiger partial charge in [0, 0.05) is 37.1 Å². The Kier molecular flexibility index (Phi) is 11.5. The number of benzene rings is 1. The average molecular weight is 514 g/mol. The van der Waals surface area contributed by atoms with Crippen LogP contribution in [0.5, 0.6) is 0 Å². The van der Waals surface area contributed by atoms with Gasteiger partial charge in [0.2, 0.25) is 11.8 Å². The van der Waals surface area contributed by atoms with E-state index >= 15 is 0 Å². The summed E-state index contributed by atoms with van der Waals surface area (Å²) in [6, 6.07) is 3.51. The predicted octanol–water partition coefficient (Wildman–Crippen LogP) is 5.56. The lowest BCUT2D eigenvalue weighted by molar-refractivity contribution is -0.144. The Bertz CT molecular complexity index is 849. The minimum Gasteiger partial charge on any atom is -0.337 e. The van der Waals surface area contributed by atoms with Crippen LogP contribution in [0, 0.1) is 5.92 Å². The number of carbonyl (C=O) groups excluding carboxylic acids is 3. The van der Waals surface area contributed by atoms with Crippen molar-refractivity contribution in [1.82, 2.24) is 15.1 Å². The van der Waals surface area contributed by atoms with Crippen molar-refractivity contribution in [2.45, 2.75) is 78.3 Å². The van der Waals surface area contributed by atoms with E-state index in [-0.39, 0.29) is 23.8 Å². The van der Waals surface area contributed by atoms with Crippen molar-refractivity contribution in [2.24, 2.45) is 5.92 Å². The fourth-order valence-electron chi connectivity index (χ4n) is 4.15. The van der Waals surface area contributed by atoms with Gasteiger partial charge in [0.25, 0.3) is 0 Å². The minimum absolute atomic E-state index is 0.0599. The molecule has 1 saturated heterocycles. The molecule has 0 aliphatic carbocycles. The molecule has 2 N–H and O–H groups in total. The number of unbranched alkanes of at least 4 members (excludes halogenated alkanes) is 4. The van der Waals surface area contributed by atoms with Gasteiger partial charge >= 0.3 is 6.03 Å². The van der Waals surface area contributed by atoms with Crippen molar-refractivity contribution < 1.29 is 14.4 Å². The van der Waals surface area contributed by atoms with Gasteiger partial charge in [-0.2, -0.15) is 0 Å². The zero-order valence-electron chi connectivity index (χ0n) is 20.7. The van der Waals surface area contributed by atoms with Gasteiger partial charge < -0.3 is 20.4 Å². The highest BCUT2D eigenvalue weighted by Gasteiger charge is 2.34. The highest BCUT2D eigenvalue weighted by atomic mass is 35.5. The van der Waals surface area contributed by atoms with Gasteiger partial charge in [-0.05, 0) is 37.5 Å². The van der Waals surface area contributed by atoms with E-state index in [0.717, 1.165) is 12.8 Å². The third-order valence-corrected chi connectivity index (χ3v) is 6.70. The lowest BCUT2D eigenvalue weighted by Crippen LogP contribution is -2.60. The molecule has 0 spiro atoms. The van der Waals surface area contributed by atoms with Crippen molar-refractivity contribution in [3.8, 4) is 0 Å². The van der Waals surface area contributed by atoms with Gasteiger partial charge in [-0.1, -0.05) is 69.7 Å². The van der Waals surface area contributed by atoms with Crippen LogP contribution in [-0.4, -0.2) is 59.4 Å². The van der Waals surface area contributed by atoms with E-state index in [1.165, 1.54) is 25.3 Å². The quantitative estimate of drug-likeness (QED) is 0.402. The molecule has 0 aromatic heterocycles. The Labute approximate surface area is 213 Å². The molecule has 1 aliphatic rings. The fraction of sp³-hybridized carbons (Fsp3) is 0.640. The SMILES string of the molecule is CCCCCCCC(=O)N1CCN(C(=O)C(NC(=O)Nc2ccc(Cl)cc2Cl)C(C)C)CC1C. The topological polar surface area (TPSA) is 81.8 Å². The molecule has 9 heteroatoms. The molecular weight excluding hydrogens is 475 g/mol. The zero-order valence-corrected chi connectivity index (χ0v) is 22.2. The number of piperazine rings is 1. The third kappa shape index (κ3) is 8.35. The van der Waals surface area contributed by atoms with Gasteiger partial charge in [0.15, 0.2) is 0 Å². The second-order valence-corrected chi connectivity index (χ2v) is 10.2. The molecule has 34 heavy (non-hydrogen) atoms. The van der Waals surface area contributed by atoms with Crippen molar-refractivity contribution in [1.29, 1.82) is 0 Å². The summed E-state index contributed by atoms with van der Waals surface area (Å²) >= 11 is 12.0. The van der Waals surface area contributed by atoms with Gasteiger partial charge in [-0.25, -0.2) is 4.79 Å². The fourth-order valence-corrected chi connectivity index (χ4v) is 4.61. The van der Waals surface area contributed by atoms with Crippen LogP contribution in [0.15, 0.2) is 18.2 Å². The summed E-state index contributed by atoms with van der Waals surface area (Å²) in [5, 5.41) is 6.25. The molecule has 1 aliphatic heterocycles. The van der Waals surface area contributed by atoms with Crippen molar-refractivity contribution in [3.63, 3.8) is 0 Å². The Morgan fingerprint density at radius 1 is 1.09 bits per heavy atom. The van der Waals surface area contributed by atoms with Crippen LogP contribution in [0.1, 0.15) is 66.2 Å². The van der Waals surface area contributed by atoms with E-state index in [9.17, 15) is 14.4 Å². The average Bonchev–Trinajstić information content (AvgIpc) is 2.78. The van der Waals surface area contributed by atoms with Crippen molar-refractivity contribution >= 4 is 46.7 Å². The number of nitrogens with one attached hydrogen (secondary N) is 2. The van der Waals surface area contributed by atoms with Crippen LogP contribution in [0.3, 0.4) is 0 Å². The summed E-state index contributed by atoms with van der Waals surface area (Å²) in [4.78, 5) is 42.2. The minimum atomic E-state index is -0.695. The van der Waals surface area contributed by atoms with Crippen molar-refractivity contribution in [3.05, 3.63) is 28.2 Å². The molecule has 1 fully saturated rings. The van der Waals surface area contributed by atoms with Gasteiger partial charge in [0.05, 0.1) is 10.7 Å². The highest BCUT2D eigenvalue weighted by Crippen LogP contribution is 2.25. The van der Waals surface area contributed by atoms with Crippen LogP contribution in [0.4, 0.5) is 10.5 Å². The lowest BCUT2D eigenvalue weighted by Gasteiger charge is -2.41. The molecule has 0 saturated carbocycles. The maximum Gasteiger partial charge on any atom is 0.319 e. The Balaban J connectivity index is 1.91. The number of halogens is 2. The first kappa shape index (κ1) is 28.2. The number of anilines is 1. The van der Waals surface area contributed by atoms with E-state index in [1.54, 1.807) is 17.0 Å². The normalized spacial score (nSPS) is 17.0. The van der Waals surface area contributed by atoms with E-state index < -0.39 is 12.1 Å². The van der Waals surface area contributed by atoms with E-state index in [2.05, 4.69) is 17.6 Å². The van der Waals surface area contributed by atoms with E-state index in [4.69, 9.17) is 23.2 Å². The summed E-state index contributed by atoms with van der Waals surface area (Å²) < 4.78 is 0. The van der Waals surface area contributed by atoms with Crippen LogP contribution >= 0.6 is 23.2 Å². The summed E-state index contributed by atoms with van der Waals surface area (Å²) in [6.45, 7) is 9.35. The molecule has 4 amide bonds. The van der Waals surface area contributed by atoms with Crippen LogP contribution in [0.2, 0.25) is 10.0 Å². The molecule has 0 radical (unpaired) electrons. The summed E-state index contributed by atoms with van der Waals surface area (Å²) in [7, 11) is 0. The summed E-state index contributed by atoms with van der Waals surface area (Å²) in [6.07, 6.45) is 6.12. The Morgan fingerprint density at radius 3 is 2.41 bits per heavy atom. The second-order valence-electron chi connectivity index (χ2n) is 9.33. The first-order valence-corrected chi connectivity index (χ1v) is 13.0. The maximum atomic E-state index is 13.3. The largest absolute Gasteiger partial charge is 0.337 e. The second kappa shape index (κ2) is 13.8. The third-order valence-electron chi connectivity index (χ3n) is 6.15. The van der Waals surface area contributed by atoms with E-state index in [1.807, 2.05) is 25.7 Å². The van der Waals surface area contributed by atoms with Crippen LogP contribution in [0.25, 0.3) is 0 Å². The molecule has 2 atom stereocenters. The van der Waals surface area contributed by atoms with Gasteiger partial charge in [0.1, 0.15) is 6.04 Å². The first-order chi connectivity index (χ1) is 16.1. The smallest absolute Gasteiger partial charge is 0.319 e. The zero-order chi connectivity index (χ0) is 25.3. The molecular formula is C25H38Cl2N4O3. The number of nitrogens with zero attached hydrogens (tertiary/aromatic N) is 2. The maximum absolute atomic E-state index is 13.3. The van der Waals surface area contributed by atoms with Crippen LogP contribution in [-0.2, 0) is 9.59 Å².